The van der Waals surface area contributed by atoms with Gasteiger partial charge in [0.25, 0.3) is 0 Å². The second-order valence-electron chi connectivity index (χ2n) is 3.77. The number of hydrogen-bond acceptors (Lipinski definition) is 3. The third-order valence-electron chi connectivity index (χ3n) is 2.66. The van der Waals surface area contributed by atoms with Crippen molar-refractivity contribution in [2.24, 2.45) is 0 Å². The van der Waals surface area contributed by atoms with Crippen molar-refractivity contribution in [3.05, 3.63) is 28.8 Å². The number of hydrogen-bond donors (Lipinski definition) is 2. The maximum absolute atomic E-state index is 9.59. The monoisotopic (exact) mass is 227 g/mol. The maximum atomic E-state index is 9.59. The highest BCUT2D eigenvalue weighted by atomic mass is 35.5. The van der Waals surface area contributed by atoms with Gasteiger partial charge in [-0.25, -0.2) is 0 Å². The first-order valence-corrected chi connectivity index (χ1v) is 5.34. The average Bonchev–Trinajstić information content (AvgIpc) is 2.60. The van der Waals surface area contributed by atoms with Crippen molar-refractivity contribution >= 4 is 17.3 Å². The van der Waals surface area contributed by atoms with Crippen molar-refractivity contribution in [3.8, 4) is 0 Å². The van der Waals surface area contributed by atoms with Gasteiger partial charge in [0.15, 0.2) is 0 Å². The van der Waals surface area contributed by atoms with Gasteiger partial charge in [0, 0.05) is 10.7 Å². The predicted octanol–water partition coefficient (Wildman–Crippen LogP) is 1.82. The quantitative estimate of drug-likeness (QED) is 0.810. The third-order valence-corrected chi connectivity index (χ3v) is 3.07. The highest BCUT2D eigenvalue weighted by Crippen LogP contribution is 2.24. The van der Waals surface area contributed by atoms with E-state index in [1.54, 1.807) is 0 Å². The summed E-state index contributed by atoms with van der Waals surface area (Å²) in [7, 11) is 0. The van der Waals surface area contributed by atoms with Gasteiger partial charge in [-0.1, -0.05) is 17.7 Å². The SMILES string of the molecule is Cc1c(Cl)cccc1NC1COCC1O. The van der Waals surface area contributed by atoms with E-state index < -0.39 is 6.10 Å². The van der Waals surface area contributed by atoms with Crippen molar-refractivity contribution in [2.75, 3.05) is 18.5 Å². The normalized spacial score (nSPS) is 25.5. The number of nitrogens with one attached hydrogen (secondary N) is 1. The fourth-order valence-electron chi connectivity index (χ4n) is 1.64. The van der Waals surface area contributed by atoms with Gasteiger partial charge < -0.3 is 15.2 Å². The van der Waals surface area contributed by atoms with E-state index in [0.717, 1.165) is 16.3 Å². The number of rotatable bonds is 2. The molecule has 1 heterocycles. The second-order valence-corrected chi connectivity index (χ2v) is 4.18. The first-order chi connectivity index (χ1) is 7.18. The van der Waals surface area contributed by atoms with E-state index in [2.05, 4.69) is 5.32 Å². The van der Waals surface area contributed by atoms with Crippen LogP contribution in [0, 0.1) is 6.92 Å². The highest BCUT2D eigenvalue weighted by Gasteiger charge is 2.26. The lowest BCUT2D eigenvalue weighted by Gasteiger charge is -2.18. The highest BCUT2D eigenvalue weighted by molar-refractivity contribution is 6.31. The average molecular weight is 228 g/mol. The molecule has 1 aromatic rings. The Morgan fingerprint density at radius 2 is 2.27 bits per heavy atom. The Bertz CT molecular complexity index is 356. The molecule has 0 radical (unpaired) electrons. The van der Waals surface area contributed by atoms with Crippen LogP contribution in [-0.2, 0) is 4.74 Å². The Morgan fingerprint density at radius 1 is 1.47 bits per heavy atom. The van der Waals surface area contributed by atoms with Crippen LogP contribution in [0.3, 0.4) is 0 Å². The molecule has 2 N–H and O–H groups in total. The molecular weight excluding hydrogens is 214 g/mol. The molecule has 0 saturated carbocycles. The maximum Gasteiger partial charge on any atom is 0.0996 e. The molecule has 2 unspecified atom stereocenters. The summed E-state index contributed by atoms with van der Waals surface area (Å²) in [6.07, 6.45) is -0.441. The minimum atomic E-state index is -0.441. The number of aliphatic hydroxyl groups is 1. The molecule has 82 valence electrons. The van der Waals surface area contributed by atoms with Crippen LogP contribution in [0.5, 0.6) is 0 Å². The molecule has 1 fully saturated rings. The van der Waals surface area contributed by atoms with Crippen molar-refractivity contribution in [1.29, 1.82) is 0 Å². The Kier molecular flexibility index (Phi) is 3.14. The number of halogens is 1. The molecule has 15 heavy (non-hydrogen) atoms. The zero-order chi connectivity index (χ0) is 10.8. The second kappa shape index (κ2) is 4.39. The van der Waals surface area contributed by atoms with E-state index >= 15 is 0 Å². The molecule has 2 rings (SSSR count). The summed E-state index contributed by atoms with van der Waals surface area (Å²) in [5.41, 5.74) is 1.95. The minimum Gasteiger partial charge on any atom is -0.388 e. The molecule has 0 amide bonds. The van der Waals surface area contributed by atoms with Gasteiger partial charge in [0.1, 0.15) is 0 Å². The smallest absolute Gasteiger partial charge is 0.0996 e. The van der Waals surface area contributed by atoms with Gasteiger partial charge in [-0.3, -0.25) is 0 Å². The van der Waals surface area contributed by atoms with Gasteiger partial charge >= 0.3 is 0 Å². The summed E-state index contributed by atoms with van der Waals surface area (Å²) in [5, 5.41) is 13.6. The third kappa shape index (κ3) is 2.25. The lowest BCUT2D eigenvalue weighted by molar-refractivity contribution is 0.125. The molecule has 0 spiro atoms. The van der Waals surface area contributed by atoms with E-state index in [1.807, 2.05) is 25.1 Å². The molecule has 1 saturated heterocycles. The molecule has 3 nitrogen and oxygen atoms in total. The zero-order valence-corrected chi connectivity index (χ0v) is 9.29. The molecule has 1 aromatic carbocycles. The Balaban J connectivity index is 2.13. The van der Waals surface area contributed by atoms with Crippen LogP contribution >= 0.6 is 11.6 Å². The van der Waals surface area contributed by atoms with E-state index in [-0.39, 0.29) is 6.04 Å². The largest absolute Gasteiger partial charge is 0.388 e. The summed E-state index contributed by atoms with van der Waals surface area (Å²) in [5.74, 6) is 0. The van der Waals surface area contributed by atoms with Crippen molar-refractivity contribution in [1.82, 2.24) is 0 Å². The van der Waals surface area contributed by atoms with Gasteiger partial charge in [-0.15, -0.1) is 0 Å². The van der Waals surface area contributed by atoms with Gasteiger partial charge in [-0.05, 0) is 24.6 Å². The molecule has 0 aromatic heterocycles. The number of benzene rings is 1. The molecule has 0 aliphatic carbocycles. The van der Waals surface area contributed by atoms with E-state index in [1.165, 1.54) is 0 Å². The molecule has 4 heteroatoms. The summed E-state index contributed by atoms with van der Waals surface area (Å²) >= 11 is 6.00. The van der Waals surface area contributed by atoms with Crippen LogP contribution < -0.4 is 5.32 Å². The van der Waals surface area contributed by atoms with Gasteiger partial charge in [-0.2, -0.15) is 0 Å². The Hall–Kier alpha value is -0.770. The Morgan fingerprint density at radius 3 is 2.93 bits per heavy atom. The molecule has 1 aliphatic heterocycles. The van der Waals surface area contributed by atoms with Crippen LogP contribution in [-0.4, -0.2) is 30.5 Å². The van der Waals surface area contributed by atoms with Gasteiger partial charge in [0.2, 0.25) is 0 Å². The minimum absolute atomic E-state index is 0.0397. The first kappa shape index (κ1) is 10.7. The number of anilines is 1. The van der Waals surface area contributed by atoms with Crippen LogP contribution in [0.2, 0.25) is 5.02 Å². The fourth-order valence-corrected chi connectivity index (χ4v) is 1.82. The van der Waals surface area contributed by atoms with Crippen LogP contribution in [0.25, 0.3) is 0 Å². The van der Waals surface area contributed by atoms with E-state index in [9.17, 15) is 5.11 Å². The summed E-state index contributed by atoms with van der Waals surface area (Å²) in [4.78, 5) is 0. The number of aliphatic hydroxyl groups excluding tert-OH is 1. The van der Waals surface area contributed by atoms with Crippen LogP contribution in [0.1, 0.15) is 5.56 Å². The van der Waals surface area contributed by atoms with Crippen LogP contribution in [0.4, 0.5) is 5.69 Å². The molecule has 0 bridgehead atoms. The topological polar surface area (TPSA) is 41.5 Å². The lowest BCUT2D eigenvalue weighted by atomic mass is 10.1. The van der Waals surface area contributed by atoms with Crippen molar-refractivity contribution in [3.63, 3.8) is 0 Å². The summed E-state index contributed by atoms with van der Waals surface area (Å²) in [6.45, 7) is 2.89. The van der Waals surface area contributed by atoms with Crippen molar-refractivity contribution in [2.45, 2.75) is 19.1 Å². The van der Waals surface area contributed by atoms with Crippen LogP contribution in [0.15, 0.2) is 18.2 Å². The molecule has 2 atom stereocenters. The lowest BCUT2D eigenvalue weighted by Crippen LogP contribution is -2.32. The fraction of sp³-hybridized carbons (Fsp3) is 0.455. The van der Waals surface area contributed by atoms with Gasteiger partial charge in [0.05, 0.1) is 25.4 Å². The van der Waals surface area contributed by atoms with E-state index in [0.29, 0.717) is 13.2 Å². The predicted molar refractivity (Wildman–Crippen MR) is 60.4 cm³/mol. The number of ether oxygens (including phenoxy) is 1. The molecular formula is C11H14ClNO2. The first-order valence-electron chi connectivity index (χ1n) is 4.96. The van der Waals surface area contributed by atoms with E-state index in [4.69, 9.17) is 16.3 Å². The standard InChI is InChI=1S/C11H14ClNO2/c1-7-8(12)3-2-4-9(7)13-10-5-15-6-11(10)14/h2-4,10-11,13-14H,5-6H2,1H3. The Labute approximate surface area is 94.0 Å². The zero-order valence-electron chi connectivity index (χ0n) is 8.53. The summed E-state index contributed by atoms with van der Waals surface area (Å²) in [6, 6.07) is 5.65. The van der Waals surface area contributed by atoms with Crippen molar-refractivity contribution < 1.29 is 9.84 Å². The molecule has 1 aliphatic rings. The summed E-state index contributed by atoms with van der Waals surface area (Å²) < 4.78 is 5.17.